The van der Waals surface area contributed by atoms with E-state index in [0.29, 0.717) is 25.7 Å². The summed E-state index contributed by atoms with van der Waals surface area (Å²) < 4.78 is 0. The second-order valence-corrected chi connectivity index (χ2v) is 7.47. The molecule has 126 valence electrons. The van der Waals surface area contributed by atoms with Gasteiger partial charge in [-0.15, -0.1) is 0 Å². The fourth-order valence-electron chi connectivity index (χ4n) is 4.24. The molecule has 2 aliphatic carbocycles. The van der Waals surface area contributed by atoms with Crippen LogP contribution in [0.1, 0.15) is 57.8 Å². The Bertz CT molecular complexity index is 383. The van der Waals surface area contributed by atoms with E-state index < -0.39 is 11.0 Å². The number of rotatable bonds is 6. The molecule has 0 radical (unpaired) electrons. The molecule has 3 fully saturated rings. The van der Waals surface area contributed by atoms with E-state index in [9.17, 15) is 9.90 Å². The summed E-state index contributed by atoms with van der Waals surface area (Å²) in [5, 5.41) is 20.4. The van der Waals surface area contributed by atoms with Gasteiger partial charge in [0, 0.05) is 32.2 Å². The van der Waals surface area contributed by atoms with Gasteiger partial charge in [-0.25, -0.2) is 0 Å². The number of hydrogen-bond acceptors (Lipinski definition) is 4. The van der Waals surface area contributed by atoms with Crippen LogP contribution in [0.25, 0.3) is 0 Å². The summed E-state index contributed by atoms with van der Waals surface area (Å²) in [5.41, 5.74) is -1.34. The Kier molecular flexibility index (Phi) is 5.05. The molecule has 1 heterocycles. The van der Waals surface area contributed by atoms with E-state index in [-0.39, 0.29) is 5.91 Å². The summed E-state index contributed by atoms with van der Waals surface area (Å²) in [7, 11) is 0. The molecular weight excluding hydrogens is 278 g/mol. The number of carbonyl (C=O) groups excluding carboxylic acids is 1. The van der Waals surface area contributed by atoms with Gasteiger partial charge in [0.15, 0.2) is 0 Å². The van der Waals surface area contributed by atoms with Crippen LogP contribution in [-0.4, -0.2) is 48.8 Å². The van der Waals surface area contributed by atoms with Crippen LogP contribution in [0.2, 0.25) is 0 Å². The van der Waals surface area contributed by atoms with Crippen molar-refractivity contribution in [1.29, 1.82) is 0 Å². The van der Waals surface area contributed by atoms with E-state index in [2.05, 4.69) is 16.0 Å². The first-order chi connectivity index (χ1) is 10.7. The zero-order valence-electron chi connectivity index (χ0n) is 13.6. The Labute approximate surface area is 133 Å². The van der Waals surface area contributed by atoms with Crippen molar-refractivity contribution in [3.05, 3.63) is 0 Å². The largest absolute Gasteiger partial charge is 0.386 e. The van der Waals surface area contributed by atoms with Crippen molar-refractivity contribution in [1.82, 2.24) is 16.0 Å². The number of hydrogen-bond donors (Lipinski definition) is 4. The summed E-state index contributed by atoms with van der Waals surface area (Å²) in [5.74, 6) is 0.0606. The lowest BCUT2D eigenvalue weighted by Gasteiger charge is -2.56. The third-order valence-corrected chi connectivity index (χ3v) is 6.07. The van der Waals surface area contributed by atoms with Gasteiger partial charge in [0.05, 0.1) is 5.41 Å². The predicted octanol–water partition coefficient (Wildman–Crippen LogP) is 0.920. The molecule has 0 aromatic rings. The monoisotopic (exact) mass is 309 g/mol. The lowest BCUT2D eigenvalue weighted by molar-refractivity contribution is -0.178. The number of carbonyl (C=O) groups is 1. The lowest BCUT2D eigenvalue weighted by atomic mass is 9.56. The van der Waals surface area contributed by atoms with Crippen molar-refractivity contribution in [3.8, 4) is 0 Å². The SMILES string of the molecule is O=C(NCCNC1CCCCCC1)C1(C2(O)CNC2)CCC1. The van der Waals surface area contributed by atoms with Crippen LogP contribution in [-0.2, 0) is 4.79 Å². The first-order valence-corrected chi connectivity index (χ1v) is 9.11. The van der Waals surface area contributed by atoms with E-state index >= 15 is 0 Å². The van der Waals surface area contributed by atoms with Crippen molar-refractivity contribution >= 4 is 5.91 Å². The molecule has 5 nitrogen and oxygen atoms in total. The molecular formula is C17H31N3O2. The number of amides is 1. The maximum Gasteiger partial charge on any atom is 0.229 e. The smallest absolute Gasteiger partial charge is 0.229 e. The topological polar surface area (TPSA) is 73.4 Å². The molecule has 0 unspecified atom stereocenters. The molecule has 22 heavy (non-hydrogen) atoms. The predicted molar refractivity (Wildman–Crippen MR) is 86.6 cm³/mol. The van der Waals surface area contributed by atoms with Crippen molar-refractivity contribution in [2.24, 2.45) is 5.41 Å². The Hall–Kier alpha value is -0.650. The molecule has 0 aromatic heterocycles. The fourth-order valence-corrected chi connectivity index (χ4v) is 4.24. The molecule has 0 spiro atoms. The maximum absolute atomic E-state index is 12.6. The van der Waals surface area contributed by atoms with E-state index in [0.717, 1.165) is 25.8 Å². The third-order valence-electron chi connectivity index (χ3n) is 6.07. The Morgan fingerprint density at radius 3 is 2.23 bits per heavy atom. The minimum Gasteiger partial charge on any atom is -0.386 e. The molecule has 0 bridgehead atoms. The Balaban J connectivity index is 1.40. The summed E-state index contributed by atoms with van der Waals surface area (Å²) in [4.78, 5) is 12.6. The summed E-state index contributed by atoms with van der Waals surface area (Å²) >= 11 is 0. The minimum absolute atomic E-state index is 0.0606. The quantitative estimate of drug-likeness (QED) is 0.435. The molecule has 4 N–H and O–H groups in total. The van der Waals surface area contributed by atoms with Crippen LogP contribution in [0.15, 0.2) is 0 Å². The van der Waals surface area contributed by atoms with Crippen molar-refractivity contribution in [3.63, 3.8) is 0 Å². The van der Waals surface area contributed by atoms with Crippen molar-refractivity contribution < 1.29 is 9.90 Å². The van der Waals surface area contributed by atoms with Gasteiger partial charge in [0.2, 0.25) is 5.91 Å². The number of β-amino-alcohol motifs (C(OH)–C–C–N with tert-alkyl or cyclic N) is 1. The summed E-state index contributed by atoms with van der Waals surface area (Å²) in [6, 6.07) is 0.622. The van der Waals surface area contributed by atoms with Crippen LogP contribution in [0.5, 0.6) is 0 Å². The average Bonchev–Trinajstić information content (AvgIpc) is 2.69. The second kappa shape index (κ2) is 6.85. The summed E-state index contributed by atoms with van der Waals surface area (Å²) in [6.45, 7) is 2.62. The van der Waals surface area contributed by atoms with Gasteiger partial charge >= 0.3 is 0 Å². The van der Waals surface area contributed by atoms with Crippen LogP contribution in [0, 0.1) is 5.41 Å². The second-order valence-electron chi connectivity index (χ2n) is 7.47. The highest BCUT2D eigenvalue weighted by atomic mass is 16.3. The van der Waals surface area contributed by atoms with Crippen LogP contribution < -0.4 is 16.0 Å². The standard InChI is InChI=1S/C17H31N3O2/c21-15(16(8-5-9-16)17(22)12-18-13-17)20-11-10-19-14-6-3-1-2-4-7-14/h14,18-19,22H,1-13H2,(H,20,21). The Morgan fingerprint density at radius 1 is 1.05 bits per heavy atom. The molecule has 3 aliphatic rings. The van der Waals surface area contributed by atoms with Crippen LogP contribution in [0.4, 0.5) is 0 Å². The van der Waals surface area contributed by atoms with E-state index in [4.69, 9.17) is 0 Å². The highest BCUT2D eigenvalue weighted by molar-refractivity contribution is 5.85. The molecule has 5 heteroatoms. The first kappa shape index (κ1) is 16.2. The van der Waals surface area contributed by atoms with Gasteiger partial charge in [-0.2, -0.15) is 0 Å². The molecule has 1 amide bonds. The summed E-state index contributed by atoms with van der Waals surface area (Å²) in [6.07, 6.45) is 10.6. The highest BCUT2D eigenvalue weighted by Crippen LogP contribution is 2.51. The Morgan fingerprint density at radius 2 is 1.73 bits per heavy atom. The van der Waals surface area contributed by atoms with Gasteiger partial charge in [-0.05, 0) is 25.7 Å². The van der Waals surface area contributed by atoms with E-state index in [1.807, 2.05) is 0 Å². The average molecular weight is 309 g/mol. The van der Waals surface area contributed by atoms with Crippen LogP contribution >= 0.6 is 0 Å². The van der Waals surface area contributed by atoms with Gasteiger partial charge in [0.1, 0.15) is 5.60 Å². The molecule has 0 atom stereocenters. The maximum atomic E-state index is 12.6. The van der Waals surface area contributed by atoms with E-state index in [1.165, 1.54) is 38.5 Å². The minimum atomic E-state index is -0.815. The van der Waals surface area contributed by atoms with Crippen molar-refractivity contribution in [2.75, 3.05) is 26.2 Å². The van der Waals surface area contributed by atoms with Gasteiger partial charge in [-0.1, -0.05) is 32.1 Å². The molecule has 2 saturated carbocycles. The number of aliphatic hydroxyl groups is 1. The lowest BCUT2D eigenvalue weighted by Crippen LogP contribution is -2.74. The molecule has 3 rings (SSSR count). The van der Waals surface area contributed by atoms with Gasteiger partial charge < -0.3 is 21.1 Å². The highest BCUT2D eigenvalue weighted by Gasteiger charge is 2.61. The van der Waals surface area contributed by atoms with E-state index in [1.54, 1.807) is 0 Å². The fraction of sp³-hybridized carbons (Fsp3) is 0.941. The zero-order valence-corrected chi connectivity index (χ0v) is 13.6. The molecule has 1 aliphatic heterocycles. The van der Waals surface area contributed by atoms with Gasteiger partial charge in [0.25, 0.3) is 0 Å². The molecule has 1 saturated heterocycles. The molecule has 0 aromatic carbocycles. The third kappa shape index (κ3) is 3.03. The normalized spacial score (nSPS) is 27.3. The van der Waals surface area contributed by atoms with Crippen molar-refractivity contribution in [2.45, 2.75) is 69.4 Å². The van der Waals surface area contributed by atoms with Gasteiger partial charge in [-0.3, -0.25) is 4.79 Å². The number of nitrogens with one attached hydrogen (secondary N) is 3. The first-order valence-electron chi connectivity index (χ1n) is 9.11. The van der Waals surface area contributed by atoms with Crippen LogP contribution in [0.3, 0.4) is 0 Å². The zero-order chi connectivity index (χ0) is 15.5.